The molecule has 8 heteroatoms. The van der Waals surface area contributed by atoms with Gasteiger partial charge in [0.15, 0.2) is 0 Å². The SMILES string of the molecule is O=C(OCc1c(Cl)cccc1Cl)c1cccc(S(=O)(=O)N2CCCCC2)c1. The van der Waals surface area contributed by atoms with E-state index in [4.69, 9.17) is 27.9 Å². The van der Waals surface area contributed by atoms with Crippen molar-refractivity contribution in [1.82, 2.24) is 4.31 Å². The lowest BCUT2D eigenvalue weighted by atomic mass is 10.2. The minimum absolute atomic E-state index is 0.0922. The first-order valence-electron chi connectivity index (χ1n) is 8.60. The van der Waals surface area contributed by atoms with Gasteiger partial charge in [-0.1, -0.05) is 41.8 Å². The van der Waals surface area contributed by atoms with Crippen molar-refractivity contribution < 1.29 is 17.9 Å². The smallest absolute Gasteiger partial charge is 0.338 e. The van der Waals surface area contributed by atoms with E-state index in [2.05, 4.69) is 0 Å². The summed E-state index contributed by atoms with van der Waals surface area (Å²) >= 11 is 12.1. The van der Waals surface area contributed by atoms with E-state index in [1.54, 1.807) is 18.2 Å². The fourth-order valence-corrected chi connectivity index (χ4v) is 5.00. The lowest BCUT2D eigenvalue weighted by Gasteiger charge is -2.25. The molecule has 0 spiro atoms. The minimum atomic E-state index is -3.62. The Morgan fingerprint density at radius 2 is 1.63 bits per heavy atom. The summed E-state index contributed by atoms with van der Waals surface area (Å²) in [4.78, 5) is 12.5. The summed E-state index contributed by atoms with van der Waals surface area (Å²) in [5.41, 5.74) is 0.669. The number of benzene rings is 2. The fourth-order valence-electron chi connectivity index (χ4n) is 2.93. The Morgan fingerprint density at radius 3 is 2.30 bits per heavy atom. The van der Waals surface area contributed by atoms with Gasteiger partial charge in [-0.3, -0.25) is 0 Å². The van der Waals surface area contributed by atoms with Gasteiger partial charge in [-0.05, 0) is 43.2 Å². The van der Waals surface area contributed by atoms with Crippen LogP contribution >= 0.6 is 23.2 Å². The highest BCUT2D eigenvalue weighted by Gasteiger charge is 2.26. The number of hydrogen-bond acceptors (Lipinski definition) is 4. The van der Waals surface area contributed by atoms with E-state index in [1.807, 2.05) is 0 Å². The quantitative estimate of drug-likeness (QED) is 0.657. The molecule has 0 N–H and O–H groups in total. The second kappa shape index (κ2) is 8.61. The molecule has 0 amide bonds. The number of halogens is 2. The van der Waals surface area contributed by atoms with Crippen LogP contribution in [0.2, 0.25) is 10.0 Å². The van der Waals surface area contributed by atoms with Crippen LogP contribution in [0.5, 0.6) is 0 Å². The van der Waals surface area contributed by atoms with E-state index >= 15 is 0 Å². The molecule has 2 aromatic carbocycles. The van der Waals surface area contributed by atoms with Crippen molar-refractivity contribution in [2.24, 2.45) is 0 Å². The lowest BCUT2D eigenvalue weighted by molar-refractivity contribution is 0.0472. The van der Waals surface area contributed by atoms with Gasteiger partial charge in [-0.2, -0.15) is 4.31 Å². The summed E-state index contributed by atoms with van der Waals surface area (Å²) in [6.07, 6.45) is 2.72. The first-order valence-corrected chi connectivity index (χ1v) is 10.8. The Bertz CT molecular complexity index is 920. The van der Waals surface area contributed by atoms with Crippen LogP contribution in [0.4, 0.5) is 0 Å². The molecule has 0 saturated carbocycles. The Hall–Kier alpha value is -1.60. The molecule has 1 aliphatic heterocycles. The molecule has 1 saturated heterocycles. The van der Waals surface area contributed by atoms with E-state index < -0.39 is 16.0 Å². The summed E-state index contributed by atoms with van der Waals surface area (Å²) in [6, 6.07) is 10.9. The van der Waals surface area contributed by atoms with Gasteiger partial charge in [0.05, 0.1) is 10.5 Å². The molecule has 2 aromatic rings. The van der Waals surface area contributed by atoms with Gasteiger partial charge in [0.1, 0.15) is 6.61 Å². The Morgan fingerprint density at radius 1 is 1.00 bits per heavy atom. The molecule has 0 unspecified atom stereocenters. The van der Waals surface area contributed by atoms with Gasteiger partial charge in [0, 0.05) is 28.7 Å². The zero-order valence-corrected chi connectivity index (χ0v) is 16.9. The van der Waals surface area contributed by atoms with E-state index in [1.165, 1.54) is 28.6 Å². The number of carbonyl (C=O) groups excluding carboxylic acids is 1. The molecule has 0 aliphatic carbocycles. The number of nitrogens with zero attached hydrogens (tertiary/aromatic N) is 1. The zero-order valence-electron chi connectivity index (χ0n) is 14.5. The van der Waals surface area contributed by atoms with Crippen LogP contribution in [0, 0.1) is 0 Å². The monoisotopic (exact) mass is 427 g/mol. The summed E-state index contributed by atoms with van der Waals surface area (Å²) in [6.45, 7) is 0.907. The molecular formula is C19H19Cl2NO4S. The number of esters is 1. The maximum atomic E-state index is 12.8. The van der Waals surface area contributed by atoms with Gasteiger partial charge < -0.3 is 4.74 Å². The van der Waals surface area contributed by atoms with Gasteiger partial charge in [0.25, 0.3) is 0 Å². The first-order chi connectivity index (χ1) is 12.9. The van der Waals surface area contributed by atoms with Crippen molar-refractivity contribution >= 4 is 39.2 Å². The maximum absolute atomic E-state index is 12.8. The van der Waals surface area contributed by atoms with Gasteiger partial charge >= 0.3 is 5.97 Å². The van der Waals surface area contributed by atoms with Crippen LogP contribution in [0.3, 0.4) is 0 Å². The first kappa shape index (κ1) is 20.1. The summed E-state index contributed by atoms with van der Waals surface area (Å²) in [5.74, 6) is -0.637. The van der Waals surface area contributed by atoms with Gasteiger partial charge in [0.2, 0.25) is 10.0 Å². The molecule has 1 fully saturated rings. The molecule has 0 aromatic heterocycles. The molecule has 0 radical (unpaired) electrons. The second-order valence-electron chi connectivity index (χ2n) is 6.27. The molecule has 144 valence electrons. The Balaban J connectivity index is 1.76. The van der Waals surface area contributed by atoms with Crippen molar-refractivity contribution in [1.29, 1.82) is 0 Å². The molecule has 0 bridgehead atoms. The highest BCUT2D eigenvalue weighted by Crippen LogP contribution is 2.26. The van der Waals surface area contributed by atoms with Crippen LogP contribution in [0.15, 0.2) is 47.4 Å². The van der Waals surface area contributed by atoms with Crippen molar-refractivity contribution in [2.45, 2.75) is 30.8 Å². The fraction of sp³-hybridized carbons (Fsp3) is 0.316. The standard InChI is InChI=1S/C19H19Cl2NO4S/c20-17-8-5-9-18(21)16(17)13-26-19(23)14-6-4-7-15(12-14)27(24,25)22-10-2-1-3-11-22/h4-9,12H,1-3,10-11,13H2. The summed E-state index contributed by atoms with van der Waals surface area (Å²) in [5, 5.41) is 0.799. The van der Waals surface area contributed by atoms with Crippen molar-refractivity contribution in [2.75, 3.05) is 13.1 Å². The normalized spacial score (nSPS) is 15.5. The second-order valence-corrected chi connectivity index (χ2v) is 9.02. The van der Waals surface area contributed by atoms with Crippen molar-refractivity contribution in [3.8, 4) is 0 Å². The van der Waals surface area contributed by atoms with Crippen LogP contribution in [-0.4, -0.2) is 31.8 Å². The minimum Gasteiger partial charge on any atom is -0.457 e. The highest BCUT2D eigenvalue weighted by atomic mass is 35.5. The maximum Gasteiger partial charge on any atom is 0.338 e. The topological polar surface area (TPSA) is 63.7 Å². The molecule has 27 heavy (non-hydrogen) atoms. The molecule has 3 rings (SSSR count). The Kier molecular flexibility index (Phi) is 6.42. The predicted octanol–water partition coefficient (Wildman–Crippen LogP) is 4.53. The van der Waals surface area contributed by atoms with E-state index in [9.17, 15) is 13.2 Å². The van der Waals surface area contributed by atoms with E-state index in [0.29, 0.717) is 28.7 Å². The molecule has 1 aliphatic rings. The number of sulfonamides is 1. The summed E-state index contributed by atoms with van der Waals surface area (Å²) in [7, 11) is -3.62. The average Bonchev–Trinajstić information content (AvgIpc) is 2.68. The zero-order chi connectivity index (χ0) is 19.4. The van der Waals surface area contributed by atoms with E-state index in [-0.39, 0.29) is 17.1 Å². The molecule has 5 nitrogen and oxygen atoms in total. The largest absolute Gasteiger partial charge is 0.457 e. The lowest BCUT2D eigenvalue weighted by Crippen LogP contribution is -2.35. The van der Waals surface area contributed by atoms with Crippen LogP contribution in [0.25, 0.3) is 0 Å². The van der Waals surface area contributed by atoms with Crippen molar-refractivity contribution in [3.05, 3.63) is 63.6 Å². The third kappa shape index (κ3) is 4.63. The third-order valence-corrected chi connectivity index (χ3v) is 7.03. The molecular weight excluding hydrogens is 409 g/mol. The number of hydrogen-bond donors (Lipinski definition) is 0. The molecule has 0 atom stereocenters. The highest BCUT2D eigenvalue weighted by molar-refractivity contribution is 7.89. The Labute approximate surface area is 168 Å². The number of carbonyl (C=O) groups is 1. The van der Waals surface area contributed by atoms with Crippen LogP contribution in [0.1, 0.15) is 35.2 Å². The van der Waals surface area contributed by atoms with Crippen LogP contribution < -0.4 is 0 Å². The van der Waals surface area contributed by atoms with Gasteiger partial charge in [-0.25, -0.2) is 13.2 Å². The number of ether oxygens (including phenoxy) is 1. The van der Waals surface area contributed by atoms with Crippen molar-refractivity contribution in [3.63, 3.8) is 0 Å². The van der Waals surface area contributed by atoms with Gasteiger partial charge in [-0.15, -0.1) is 0 Å². The predicted molar refractivity (Wildman–Crippen MR) is 105 cm³/mol. The average molecular weight is 428 g/mol. The number of rotatable bonds is 5. The molecule has 1 heterocycles. The van der Waals surface area contributed by atoms with Crippen LogP contribution in [-0.2, 0) is 21.4 Å². The van der Waals surface area contributed by atoms with E-state index in [0.717, 1.165) is 19.3 Å². The number of piperidine rings is 1. The summed E-state index contributed by atoms with van der Waals surface area (Å²) < 4.78 is 32.3. The third-order valence-electron chi connectivity index (χ3n) is 4.43.